The molecule has 5 rings (SSSR count). The SMILES string of the molecule is Cc1c(Cl)nnc2sc3c(NC4CN(c5ncc(C(F)(F)F)cn5)C4)ncnc3c12. The summed E-state index contributed by atoms with van der Waals surface area (Å²) in [4.78, 5) is 18.9. The predicted molar refractivity (Wildman–Crippen MR) is 107 cm³/mol. The third-order valence-electron chi connectivity index (χ3n) is 4.84. The molecule has 0 bridgehead atoms. The molecule has 30 heavy (non-hydrogen) atoms. The van der Waals surface area contributed by atoms with Crippen molar-refractivity contribution in [2.75, 3.05) is 23.3 Å². The first-order chi connectivity index (χ1) is 14.3. The number of aryl methyl sites for hydroxylation is 1. The maximum absolute atomic E-state index is 12.6. The van der Waals surface area contributed by atoms with Crippen LogP contribution >= 0.6 is 22.9 Å². The van der Waals surface area contributed by atoms with Crippen LogP contribution in [0.25, 0.3) is 20.4 Å². The predicted octanol–water partition coefficient (Wildman–Crippen LogP) is 3.71. The van der Waals surface area contributed by atoms with Crippen molar-refractivity contribution in [1.82, 2.24) is 30.1 Å². The Morgan fingerprint density at radius 1 is 1.13 bits per heavy atom. The zero-order chi connectivity index (χ0) is 21.0. The molecule has 4 aromatic heterocycles. The van der Waals surface area contributed by atoms with E-state index >= 15 is 0 Å². The average molecular weight is 453 g/mol. The fourth-order valence-corrected chi connectivity index (χ4v) is 4.45. The molecule has 0 aliphatic carbocycles. The van der Waals surface area contributed by atoms with E-state index in [1.54, 1.807) is 4.90 Å². The summed E-state index contributed by atoms with van der Waals surface area (Å²) >= 11 is 7.53. The molecular formula is C17H12ClF3N8S. The van der Waals surface area contributed by atoms with E-state index in [0.717, 1.165) is 38.4 Å². The Balaban J connectivity index is 1.35. The molecule has 5 heterocycles. The number of anilines is 2. The molecule has 1 aliphatic heterocycles. The zero-order valence-electron chi connectivity index (χ0n) is 15.3. The number of hydrogen-bond acceptors (Lipinski definition) is 9. The molecule has 0 atom stereocenters. The van der Waals surface area contributed by atoms with Crippen LogP contribution in [0.3, 0.4) is 0 Å². The van der Waals surface area contributed by atoms with E-state index in [0.29, 0.717) is 24.1 Å². The van der Waals surface area contributed by atoms with Crippen LogP contribution in [0, 0.1) is 6.92 Å². The van der Waals surface area contributed by atoms with Crippen molar-refractivity contribution in [2.45, 2.75) is 19.1 Å². The Kier molecular flexibility index (Phi) is 4.36. The van der Waals surface area contributed by atoms with Gasteiger partial charge in [-0.05, 0) is 6.92 Å². The number of nitrogens with one attached hydrogen (secondary N) is 1. The van der Waals surface area contributed by atoms with E-state index in [-0.39, 0.29) is 12.0 Å². The number of halogens is 4. The van der Waals surface area contributed by atoms with Gasteiger partial charge in [0.15, 0.2) is 5.15 Å². The van der Waals surface area contributed by atoms with Gasteiger partial charge in [-0.2, -0.15) is 13.2 Å². The van der Waals surface area contributed by atoms with Gasteiger partial charge in [0.1, 0.15) is 17.0 Å². The summed E-state index contributed by atoms with van der Waals surface area (Å²) in [5.74, 6) is 0.924. The van der Waals surface area contributed by atoms with E-state index < -0.39 is 11.7 Å². The zero-order valence-corrected chi connectivity index (χ0v) is 16.8. The molecule has 13 heteroatoms. The lowest BCUT2D eigenvalue weighted by molar-refractivity contribution is -0.138. The minimum Gasteiger partial charge on any atom is -0.362 e. The average Bonchev–Trinajstić information content (AvgIpc) is 3.07. The first-order valence-electron chi connectivity index (χ1n) is 8.78. The third-order valence-corrected chi connectivity index (χ3v) is 6.27. The number of aromatic nitrogens is 6. The summed E-state index contributed by atoms with van der Waals surface area (Å²) in [5.41, 5.74) is 0.698. The Morgan fingerprint density at radius 2 is 1.87 bits per heavy atom. The molecule has 154 valence electrons. The van der Waals surface area contributed by atoms with Crippen LogP contribution in [-0.4, -0.2) is 49.3 Å². The summed E-state index contributed by atoms with van der Waals surface area (Å²) in [6.07, 6.45) is -1.39. The molecule has 0 amide bonds. The van der Waals surface area contributed by atoms with Crippen molar-refractivity contribution in [1.29, 1.82) is 0 Å². The number of hydrogen-bond donors (Lipinski definition) is 1. The normalized spacial score (nSPS) is 15.0. The highest BCUT2D eigenvalue weighted by atomic mass is 35.5. The molecule has 8 nitrogen and oxygen atoms in total. The lowest BCUT2D eigenvalue weighted by Crippen LogP contribution is -2.55. The van der Waals surface area contributed by atoms with Gasteiger partial charge in [-0.3, -0.25) is 0 Å². The van der Waals surface area contributed by atoms with E-state index in [1.807, 2.05) is 6.92 Å². The van der Waals surface area contributed by atoms with E-state index in [4.69, 9.17) is 11.6 Å². The maximum Gasteiger partial charge on any atom is 0.419 e. The van der Waals surface area contributed by atoms with Gasteiger partial charge in [0.25, 0.3) is 0 Å². The smallest absolute Gasteiger partial charge is 0.362 e. The van der Waals surface area contributed by atoms with Crippen LogP contribution < -0.4 is 10.2 Å². The van der Waals surface area contributed by atoms with Gasteiger partial charge in [0, 0.05) is 36.4 Å². The molecule has 0 spiro atoms. The molecule has 0 saturated carbocycles. The summed E-state index contributed by atoms with van der Waals surface area (Å²) < 4.78 is 38.8. The molecule has 1 N–H and O–H groups in total. The third kappa shape index (κ3) is 3.16. The fraction of sp³-hybridized carbons (Fsp3) is 0.294. The van der Waals surface area contributed by atoms with Gasteiger partial charge in [0.2, 0.25) is 5.95 Å². The minimum atomic E-state index is -4.45. The summed E-state index contributed by atoms with van der Waals surface area (Å²) in [5, 5.41) is 12.6. The quantitative estimate of drug-likeness (QED) is 0.503. The standard InChI is InChI=1S/C17H12ClF3N8S/c1-7-10-11-12(30-15(10)28-27-13(7)18)14(25-6-24-11)26-9-4-29(5-9)16-22-2-8(3-23-16)17(19,20)21/h2-3,6,9H,4-5H2,1H3,(H,24,25,26). The highest BCUT2D eigenvalue weighted by molar-refractivity contribution is 7.26. The van der Waals surface area contributed by atoms with Crippen LogP contribution in [0.2, 0.25) is 5.15 Å². The van der Waals surface area contributed by atoms with E-state index in [9.17, 15) is 13.2 Å². The van der Waals surface area contributed by atoms with E-state index in [2.05, 4.69) is 35.5 Å². The maximum atomic E-state index is 12.6. The van der Waals surface area contributed by atoms with Crippen LogP contribution in [0.4, 0.5) is 24.9 Å². The molecule has 4 aromatic rings. The van der Waals surface area contributed by atoms with Crippen molar-refractivity contribution in [2.24, 2.45) is 0 Å². The summed E-state index contributed by atoms with van der Waals surface area (Å²) in [7, 11) is 0. The van der Waals surface area contributed by atoms with E-state index in [1.165, 1.54) is 17.7 Å². The summed E-state index contributed by atoms with van der Waals surface area (Å²) in [6.45, 7) is 2.94. The molecule has 1 saturated heterocycles. The van der Waals surface area contributed by atoms with Gasteiger partial charge in [-0.15, -0.1) is 21.5 Å². The fourth-order valence-electron chi connectivity index (χ4n) is 3.23. The molecule has 0 radical (unpaired) electrons. The van der Waals surface area contributed by atoms with Gasteiger partial charge in [-0.1, -0.05) is 11.6 Å². The van der Waals surface area contributed by atoms with Crippen molar-refractivity contribution in [3.05, 3.63) is 35.0 Å². The number of thiophene rings is 1. The molecule has 0 aromatic carbocycles. The van der Waals surface area contributed by atoms with Crippen molar-refractivity contribution < 1.29 is 13.2 Å². The summed E-state index contributed by atoms with van der Waals surface area (Å²) in [6, 6.07) is 0.0370. The van der Waals surface area contributed by atoms with Gasteiger partial charge < -0.3 is 10.2 Å². The van der Waals surface area contributed by atoms with Crippen LogP contribution in [-0.2, 0) is 6.18 Å². The van der Waals surface area contributed by atoms with Gasteiger partial charge >= 0.3 is 6.18 Å². The first kappa shape index (κ1) is 19.1. The number of rotatable bonds is 3. The lowest BCUT2D eigenvalue weighted by Gasteiger charge is -2.39. The second kappa shape index (κ2) is 6.84. The van der Waals surface area contributed by atoms with Crippen LogP contribution in [0.1, 0.15) is 11.1 Å². The van der Waals surface area contributed by atoms with Gasteiger partial charge in [0.05, 0.1) is 21.8 Å². The van der Waals surface area contributed by atoms with Crippen molar-refractivity contribution in [3.63, 3.8) is 0 Å². The topological polar surface area (TPSA) is 92.6 Å². The Hall–Kier alpha value is -2.86. The molecule has 0 unspecified atom stereocenters. The second-order valence-corrected chi connectivity index (χ2v) is 8.17. The van der Waals surface area contributed by atoms with Gasteiger partial charge in [-0.25, -0.2) is 19.9 Å². The Bertz CT molecular complexity index is 1250. The largest absolute Gasteiger partial charge is 0.419 e. The van der Waals surface area contributed by atoms with Crippen molar-refractivity contribution >= 4 is 55.1 Å². The molecule has 1 fully saturated rings. The Labute approximate surface area is 176 Å². The van der Waals surface area contributed by atoms with Crippen LogP contribution in [0.15, 0.2) is 18.7 Å². The minimum absolute atomic E-state index is 0.0370. The van der Waals surface area contributed by atoms with Crippen molar-refractivity contribution in [3.8, 4) is 0 Å². The number of nitrogens with zero attached hydrogens (tertiary/aromatic N) is 7. The highest BCUT2D eigenvalue weighted by Gasteiger charge is 2.33. The monoisotopic (exact) mass is 452 g/mol. The lowest BCUT2D eigenvalue weighted by atomic mass is 10.1. The first-order valence-corrected chi connectivity index (χ1v) is 9.97. The molecule has 1 aliphatic rings. The second-order valence-electron chi connectivity index (χ2n) is 6.81. The van der Waals surface area contributed by atoms with Crippen LogP contribution in [0.5, 0.6) is 0 Å². The highest BCUT2D eigenvalue weighted by Crippen LogP contribution is 2.38. The number of fused-ring (bicyclic) bond motifs is 3. The Morgan fingerprint density at radius 3 is 2.57 bits per heavy atom. The molecular weight excluding hydrogens is 441 g/mol. The number of alkyl halides is 3.